The zero-order valence-electron chi connectivity index (χ0n) is 16.5. The summed E-state index contributed by atoms with van der Waals surface area (Å²) in [4.78, 5) is 34.0. The normalized spacial score (nSPS) is 22.9. The van der Waals surface area contributed by atoms with Crippen molar-refractivity contribution in [3.63, 3.8) is 0 Å². The number of para-hydroxylation sites is 1. The summed E-state index contributed by atoms with van der Waals surface area (Å²) in [7, 11) is 0. The largest absolute Gasteiger partial charge is 0.273 e. The van der Waals surface area contributed by atoms with Gasteiger partial charge in [-0.1, -0.05) is 42.0 Å². The molecule has 0 saturated carbocycles. The number of carbonyl (C=O) groups is 2. The van der Waals surface area contributed by atoms with Crippen molar-refractivity contribution >= 4 is 39.1 Å². The average molecular weight is 481 g/mol. The summed E-state index contributed by atoms with van der Waals surface area (Å²) >= 11 is 3.23. The minimum atomic E-state index is -0.956. The van der Waals surface area contributed by atoms with Crippen LogP contribution in [0.4, 0.5) is 15.8 Å². The Morgan fingerprint density at radius 1 is 0.903 bits per heavy atom. The van der Waals surface area contributed by atoms with Crippen LogP contribution >= 0.6 is 15.9 Å². The third-order valence-corrected chi connectivity index (χ3v) is 6.31. The van der Waals surface area contributed by atoms with E-state index in [0.717, 1.165) is 5.56 Å². The first-order valence-corrected chi connectivity index (χ1v) is 10.7. The van der Waals surface area contributed by atoms with Crippen LogP contribution in [0.25, 0.3) is 0 Å². The number of imide groups is 1. The van der Waals surface area contributed by atoms with E-state index in [0.29, 0.717) is 16.9 Å². The lowest BCUT2D eigenvalue weighted by molar-refractivity contribution is -0.126. The van der Waals surface area contributed by atoms with Crippen LogP contribution in [-0.2, 0) is 14.4 Å². The Morgan fingerprint density at radius 3 is 2.29 bits per heavy atom. The molecule has 31 heavy (non-hydrogen) atoms. The zero-order chi connectivity index (χ0) is 21.7. The third-order valence-electron chi connectivity index (χ3n) is 5.70. The number of carbonyl (C=O) groups excluding carboxylic acids is 2. The minimum absolute atomic E-state index is 0.286. The van der Waals surface area contributed by atoms with E-state index in [1.165, 1.54) is 11.0 Å². The van der Waals surface area contributed by atoms with Gasteiger partial charge in [-0.25, -0.2) is 14.4 Å². The lowest BCUT2D eigenvalue weighted by Gasteiger charge is -2.29. The summed E-state index contributed by atoms with van der Waals surface area (Å²) in [5, 5.41) is 1.59. The third kappa shape index (κ3) is 3.25. The van der Waals surface area contributed by atoms with Crippen molar-refractivity contribution in [2.75, 3.05) is 9.96 Å². The van der Waals surface area contributed by atoms with Crippen molar-refractivity contribution in [2.24, 2.45) is 5.92 Å². The molecule has 5 rings (SSSR count). The topological polar surface area (TPSA) is 49.9 Å². The van der Waals surface area contributed by atoms with E-state index >= 15 is 0 Å². The lowest BCUT2D eigenvalue weighted by atomic mass is 9.90. The number of aryl methyl sites for hydroxylation is 1. The van der Waals surface area contributed by atoms with Crippen molar-refractivity contribution < 1.29 is 18.8 Å². The molecule has 0 bridgehead atoms. The molecule has 2 fully saturated rings. The smallest absolute Gasteiger partial charge is 0.266 e. The summed E-state index contributed by atoms with van der Waals surface area (Å²) in [6.45, 7) is 1.94. The quantitative estimate of drug-likeness (QED) is 0.497. The van der Waals surface area contributed by atoms with Crippen molar-refractivity contribution in [3.05, 3.63) is 94.2 Å². The van der Waals surface area contributed by atoms with Gasteiger partial charge in [0.05, 0.1) is 21.9 Å². The summed E-state index contributed by atoms with van der Waals surface area (Å²) in [5.41, 5.74) is 2.94. The number of hydrogen-bond acceptors (Lipinski definition) is 4. The second kappa shape index (κ2) is 7.59. The average Bonchev–Trinajstić information content (AvgIpc) is 3.28. The first-order valence-electron chi connectivity index (χ1n) is 9.86. The monoisotopic (exact) mass is 480 g/mol. The van der Waals surface area contributed by atoms with Gasteiger partial charge in [0.1, 0.15) is 11.7 Å². The molecule has 2 aliphatic heterocycles. The summed E-state index contributed by atoms with van der Waals surface area (Å²) in [5.74, 6) is -1.89. The molecule has 0 spiro atoms. The Hall–Kier alpha value is -3.03. The van der Waals surface area contributed by atoms with Gasteiger partial charge >= 0.3 is 0 Å². The van der Waals surface area contributed by atoms with Gasteiger partial charge in [-0.05, 0) is 64.8 Å². The maximum atomic E-state index is 13.9. The van der Waals surface area contributed by atoms with Crippen LogP contribution in [0.15, 0.2) is 77.3 Å². The van der Waals surface area contributed by atoms with E-state index in [1.807, 2.05) is 49.4 Å². The molecular formula is C24H18BrFN2O3. The SMILES string of the molecule is Cc1ccc(N2C(=O)[C@@H]3[C@@H](c4ccc(F)c(Br)c4)N(c4ccccc4)O[C@H]3C2=O)cc1. The maximum absolute atomic E-state index is 13.9. The van der Waals surface area contributed by atoms with E-state index < -0.39 is 29.8 Å². The number of hydroxylamine groups is 1. The van der Waals surface area contributed by atoms with Gasteiger partial charge in [-0.15, -0.1) is 0 Å². The summed E-state index contributed by atoms with van der Waals surface area (Å²) in [6, 6.07) is 20.5. The van der Waals surface area contributed by atoms with Gasteiger partial charge in [0, 0.05) is 0 Å². The van der Waals surface area contributed by atoms with E-state index in [-0.39, 0.29) is 10.4 Å². The molecule has 3 aromatic rings. The molecule has 0 N–H and O–H groups in total. The second-order valence-corrected chi connectivity index (χ2v) is 8.53. The number of fused-ring (bicyclic) bond motifs is 1. The number of rotatable bonds is 3. The Morgan fingerprint density at radius 2 is 1.61 bits per heavy atom. The molecular weight excluding hydrogens is 463 g/mol. The van der Waals surface area contributed by atoms with Crippen molar-refractivity contribution in [1.82, 2.24) is 0 Å². The van der Waals surface area contributed by atoms with E-state index in [1.54, 1.807) is 29.3 Å². The molecule has 156 valence electrons. The molecule has 2 amide bonds. The Balaban J connectivity index is 1.60. The Labute approximate surface area is 187 Å². The highest BCUT2D eigenvalue weighted by Crippen LogP contribution is 2.48. The number of hydrogen-bond donors (Lipinski definition) is 0. The number of anilines is 2. The van der Waals surface area contributed by atoms with Crippen molar-refractivity contribution in [2.45, 2.75) is 19.1 Å². The molecule has 2 saturated heterocycles. The van der Waals surface area contributed by atoms with E-state index in [2.05, 4.69) is 15.9 Å². The highest BCUT2D eigenvalue weighted by atomic mass is 79.9. The predicted molar refractivity (Wildman–Crippen MR) is 118 cm³/mol. The summed E-state index contributed by atoms with van der Waals surface area (Å²) in [6.07, 6.45) is -0.956. The van der Waals surface area contributed by atoms with Gasteiger partial charge < -0.3 is 0 Å². The van der Waals surface area contributed by atoms with E-state index in [4.69, 9.17) is 4.84 Å². The van der Waals surface area contributed by atoms with Crippen LogP contribution in [0.3, 0.4) is 0 Å². The molecule has 0 unspecified atom stereocenters. The number of halogens is 2. The van der Waals surface area contributed by atoms with Gasteiger partial charge in [-0.3, -0.25) is 14.4 Å². The standard InChI is InChI=1S/C24H18BrFN2O3/c1-14-7-10-16(11-8-14)27-23(29)20-21(15-9-12-19(26)18(25)13-15)28(31-22(20)24(27)30)17-5-3-2-4-6-17/h2-13,20-22H,1H3/t20-,21-,22-/m1/s1. The first-order chi connectivity index (χ1) is 15.0. The molecule has 5 nitrogen and oxygen atoms in total. The fraction of sp³-hybridized carbons (Fsp3) is 0.167. The Kier molecular flexibility index (Phi) is 4.87. The molecule has 2 heterocycles. The maximum Gasteiger partial charge on any atom is 0.266 e. The lowest BCUT2D eigenvalue weighted by Crippen LogP contribution is -2.37. The molecule has 2 aliphatic rings. The minimum Gasteiger partial charge on any atom is -0.273 e. The first kappa shape index (κ1) is 19.9. The number of amides is 2. The fourth-order valence-corrected chi connectivity index (χ4v) is 4.59. The molecule has 7 heteroatoms. The molecule has 0 radical (unpaired) electrons. The van der Waals surface area contributed by atoms with Crippen molar-refractivity contribution in [1.29, 1.82) is 0 Å². The molecule has 0 aliphatic carbocycles. The number of nitrogens with zero attached hydrogens (tertiary/aromatic N) is 2. The van der Waals surface area contributed by atoms with Gasteiger partial charge in [-0.2, -0.15) is 0 Å². The van der Waals surface area contributed by atoms with Gasteiger partial charge in [0.2, 0.25) is 5.91 Å². The molecule has 3 aromatic carbocycles. The van der Waals surface area contributed by atoms with E-state index in [9.17, 15) is 14.0 Å². The van der Waals surface area contributed by atoms with Gasteiger partial charge in [0.15, 0.2) is 6.10 Å². The van der Waals surface area contributed by atoms with Crippen LogP contribution in [-0.4, -0.2) is 17.9 Å². The van der Waals surface area contributed by atoms with Crippen LogP contribution in [0, 0.1) is 18.7 Å². The molecule has 0 aromatic heterocycles. The van der Waals surface area contributed by atoms with Gasteiger partial charge in [0.25, 0.3) is 5.91 Å². The van der Waals surface area contributed by atoms with Crippen LogP contribution in [0.5, 0.6) is 0 Å². The fourth-order valence-electron chi connectivity index (χ4n) is 4.20. The van der Waals surface area contributed by atoms with Crippen LogP contribution in [0.2, 0.25) is 0 Å². The van der Waals surface area contributed by atoms with Crippen LogP contribution in [0.1, 0.15) is 17.2 Å². The summed E-state index contributed by atoms with van der Waals surface area (Å²) < 4.78 is 14.2. The highest BCUT2D eigenvalue weighted by Gasteiger charge is 2.60. The number of benzene rings is 3. The predicted octanol–water partition coefficient (Wildman–Crippen LogP) is 4.95. The highest BCUT2D eigenvalue weighted by molar-refractivity contribution is 9.10. The van der Waals surface area contributed by atoms with Crippen molar-refractivity contribution in [3.8, 4) is 0 Å². The second-order valence-electron chi connectivity index (χ2n) is 7.68. The zero-order valence-corrected chi connectivity index (χ0v) is 18.1. The Bertz CT molecular complexity index is 1170. The van der Waals surface area contributed by atoms with Crippen LogP contribution < -0.4 is 9.96 Å². The molecule has 3 atom stereocenters.